The van der Waals surface area contributed by atoms with Crippen LogP contribution >= 0.6 is 0 Å². The Hall–Kier alpha value is 4.40. The summed E-state index contributed by atoms with van der Waals surface area (Å²) in [4.78, 5) is 0. The quantitative estimate of drug-likeness (QED) is 0.0752. The predicted molar refractivity (Wildman–Crippen MR) is 364 cm³/mol. The molecule has 0 heterocycles. The maximum absolute atomic E-state index is 6.04. The molecule has 2 atom stereocenters. The molecule has 22 heteroatoms. The van der Waals surface area contributed by atoms with Crippen LogP contribution in [0.15, 0.2) is 194 Å². The molecule has 0 aliphatic rings. The van der Waals surface area contributed by atoms with Gasteiger partial charge in [0, 0.05) is 372 Å². The van der Waals surface area contributed by atoms with Gasteiger partial charge in [-0.1, -0.05) is 158 Å². The van der Waals surface area contributed by atoms with E-state index in [9.17, 15) is 0 Å². The van der Waals surface area contributed by atoms with E-state index < -0.39 is 0 Å². The minimum Gasteiger partial charge on any atom is -0.665 e. The third kappa shape index (κ3) is 87.6. The molecule has 8 aromatic rings. The summed E-state index contributed by atoms with van der Waals surface area (Å²) in [5.74, 6) is 6.20. The first kappa shape index (κ1) is 176. The molecule has 98 heavy (non-hydrogen) atoms. The Morgan fingerprint density at radius 1 is 0.286 bits per heavy atom. The Balaban J connectivity index is -0.0000000305. The van der Waals surface area contributed by atoms with Gasteiger partial charge in [-0.05, 0) is 116 Å². The Bertz CT molecular complexity index is 2400. The van der Waals surface area contributed by atoms with Gasteiger partial charge < -0.3 is 52.7 Å². The van der Waals surface area contributed by atoms with Crippen molar-refractivity contribution in [1.82, 2.24) is 0 Å². The van der Waals surface area contributed by atoms with Gasteiger partial charge in [0.15, 0.2) is 0 Å². The van der Waals surface area contributed by atoms with E-state index in [1.54, 1.807) is 0 Å². The molecule has 2 unspecified atom stereocenters. The maximum Gasteiger partial charge on any atom is 0.119 e. The molecule has 0 fully saturated rings. The van der Waals surface area contributed by atoms with E-state index in [-0.39, 0.29) is 449 Å². The van der Waals surface area contributed by atoms with Gasteiger partial charge in [0.05, 0.1) is 37.9 Å². The van der Waals surface area contributed by atoms with Crippen molar-refractivity contribution in [2.75, 3.05) is 26.4 Å². The molecule has 2 radical (unpaired) electrons. The van der Waals surface area contributed by atoms with Crippen LogP contribution in [0.4, 0.5) is 0 Å². The van der Waals surface area contributed by atoms with Crippen LogP contribution in [0.25, 0.3) is 0 Å². The van der Waals surface area contributed by atoms with Gasteiger partial charge in [-0.2, -0.15) is 50.6 Å². The van der Waals surface area contributed by atoms with Gasteiger partial charge in [0.25, 0.3) is 0 Å². The number of rotatable bonds is 19. The SMILES string of the molecule is C.C.C.C.C.C.C.C.C.C.C.C.CCOc1cc[c-]cc1.[CH2-]Oc1ccc(Cc2ccc(OCC(C)CC(CC)COc3cc[c-]cc3)cc2)cc1.[CH2-]Oc1ccc(Cc2ccc(OCC)cc2)cc1.[W].[W].[W].[W].[W].[W].[W].[W].[W].[W].[W].[W].[W].[W].[Y].[Y].[c-]1cc[c-]cc1.[c-]1cc[c-]cc1. The third-order valence-corrected chi connectivity index (χ3v) is 10.3. The predicted octanol–water partition coefficient (Wildman–Crippen LogP) is 22.7. The van der Waals surface area contributed by atoms with Crippen molar-refractivity contribution < 1.29 is 389 Å². The number of hydrogen-bond donors (Lipinski definition) is 0. The largest absolute Gasteiger partial charge is 0.665 e. The molecule has 0 amide bonds. The molecule has 0 bridgehead atoms. The molecule has 0 saturated carbocycles. The maximum atomic E-state index is 6.04. The Kier molecular flexibility index (Phi) is 215. The van der Waals surface area contributed by atoms with E-state index in [0.29, 0.717) is 25.0 Å². The molecule has 0 aliphatic carbocycles. The second kappa shape index (κ2) is 120. The summed E-state index contributed by atoms with van der Waals surface area (Å²) in [6.45, 7) is 11.3. The molecule has 8 aromatic carbocycles. The van der Waals surface area contributed by atoms with E-state index in [0.717, 1.165) is 73.4 Å². The monoisotopic (exact) mass is 3880 g/mol. The summed E-state index contributed by atoms with van der Waals surface area (Å²) < 4.78 is 32.4. The van der Waals surface area contributed by atoms with Gasteiger partial charge in [0.1, 0.15) is 11.5 Å². The summed E-state index contributed by atoms with van der Waals surface area (Å²) in [7, 11) is 6.81. The van der Waals surface area contributed by atoms with Gasteiger partial charge in [-0.3, -0.25) is 48.5 Å². The zero-order valence-corrected chi connectivity index (χ0v) is 94.8. The van der Waals surface area contributed by atoms with E-state index in [1.165, 1.54) is 22.3 Å². The summed E-state index contributed by atoms with van der Waals surface area (Å²) >= 11 is 0. The Morgan fingerprint density at radius 3 is 0.714 bits per heavy atom. The van der Waals surface area contributed by atoms with Crippen LogP contribution < -0.4 is 28.4 Å². The Labute approximate surface area is 856 Å². The van der Waals surface area contributed by atoms with Crippen LogP contribution in [0.1, 0.15) is 152 Å². The van der Waals surface area contributed by atoms with Crippen LogP contribution in [0, 0.1) is 62.5 Å². The minimum atomic E-state index is 0. The zero-order valence-electron chi connectivity index (χ0n) is 48.0. The van der Waals surface area contributed by atoms with Crippen LogP contribution in [0.3, 0.4) is 0 Å². The molecule has 0 spiro atoms. The number of benzene rings is 8. The first-order chi connectivity index (χ1) is 34.4. The molecule has 0 aromatic heterocycles. The van der Waals surface area contributed by atoms with Crippen LogP contribution in [0.5, 0.6) is 34.5 Å². The summed E-state index contributed by atoms with van der Waals surface area (Å²) in [6, 6.07) is 79.6. The van der Waals surface area contributed by atoms with Crippen molar-refractivity contribution in [1.29, 1.82) is 0 Å². The van der Waals surface area contributed by atoms with Crippen molar-refractivity contribution in [2.24, 2.45) is 11.8 Å². The smallest absolute Gasteiger partial charge is 0.119 e. The van der Waals surface area contributed by atoms with Crippen LogP contribution in [0.2, 0.25) is 0 Å². The van der Waals surface area contributed by atoms with E-state index in [2.05, 4.69) is 125 Å². The standard InChI is InChI=1S/C28H32O3.C16H17O2.C8H9O.2C6H4.12CH4.14W.2Y/c1-4-23(21-31-27-8-6-5-7-9-27)18-22(2)20-30-28-16-12-25(13-17-28)19-24-10-14-26(29-3)15-11-24;1-3-18-16-10-6-14(7-11-16)12-13-4-8-15(17-2)9-5-13;1-2-9-8-6-4-3-5-7-8;2*1-2-4-6-5-3-1;;;;;;;;;;;;;;;;;;;;;;;;;;;;/h6-17,22-23H,3-4,18-21H2,1-2H3;4-11H,2-3,12H2,1H3;4-7H,2H2,1H3;2*1-2,5-6H;12*1H4;;;;;;;;;;;;;;;;/q-2;2*-1;2*-2;;;;;;;;;;;;;;;;;;;;;;;;;;;;. The van der Waals surface area contributed by atoms with Crippen molar-refractivity contribution >= 4 is 0 Å². The fourth-order valence-corrected chi connectivity index (χ4v) is 6.60. The molecular formula is C76H114O6W14Y2-8. The van der Waals surface area contributed by atoms with Crippen molar-refractivity contribution in [3.63, 3.8) is 0 Å². The van der Waals surface area contributed by atoms with Crippen LogP contribution in [-0.4, -0.2) is 26.4 Å². The molecular weight excluding hydrogens is 3760 g/mol. The zero-order chi connectivity index (χ0) is 49.7. The molecule has 8 rings (SSSR count). The fourth-order valence-electron chi connectivity index (χ4n) is 6.60. The normalized spacial score (nSPS) is 7.69. The van der Waals surface area contributed by atoms with E-state index >= 15 is 0 Å². The van der Waals surface area contributed by atoms with Gasteiger partial charge in [-0.25, -0.2) is 0 Å². The van der Waals surface area contributed by atoms with Crippen molar-refractivity contribution in [2.45, 2.75) is 142 Å². The molecule has 0 saturated heterocycles. The van der Waals surface area contributed by atoms with E-state index in [1.807, 2.05) is 147 Å². The van der Waals surface area contributed by atoms with Crippen LogP contribution in [-0.2, 0) is 373 Å². The first-order valence-electron chi connectivity index (χ1n) is 23.7. The summed E-state index contributed by atoms with van der Waals surface area (Å²) in [5, 5.41) is 0. The fraction of sp³-hybridized carbons (Fsp3) is 0.342. The third-order valence-electron chi connectivity index (χ3n) is 10.3. The Morgan fingerprint density at radius 2 is 0.490 bits per heavy atom. The second-order valence-electron chi connectivity index (χ2n) is 15.8. The summed E-state index contributed by atoms with van der Waals surface area (Å²) in [6.07, 6.45) is 3.97. The van der Waals surface area contributed by atoms with Gasteiger partial charge >= 0.3 is 0 Å². The van der Waals surface area contributed by atoms with Gasteiger partial charge in [0.2, 0.25) is 0 Å². The molecule has 0 aliphatic heterocycles. The second-order valence-corrected chi connectivity index (χ2v) is 15.8. The number of hydrogen-bond acceptors (Lipinski definition) is 6. The average molecular weight is 3880 g/mol. The first-order valence-corrected chi connectivity index (χ1v) is 23.7. The molecule has 0 N–H and O–H groups in total. The number of ether oxygens (including phenoxy) is 6. The van der Waals surface area contributed by atoms with E-state index in [4.69, 9.17) is 28.4 Å². The average Bonchev–Trinajstić information content (AvgIpc) is 3.43. The summed E-state index contributed by atoms with van der Waals surface area (Å²) in [5.41, 5.74) is 5.01. The topological polar surface area (TPSA) is 55.4 Å². The van der Waals surface area contributed by atoms with Gasteiger partial charge in [-0.15, -0.1) is 24.3 Å². The van der Waals surface area contributed by atoms with Crippen molar-refractivity contribution in [3.8, 4) is 34.5 Å². The van der Waals surface area contributed by atoms with Crippen molar-refractivity contribution in [3.05, 3.63) is 267 Å². The minimum absolute atomic E-state index is 0. The molecule has 6 nitrogen and oxygen atoms in total. The molecule has 552 valence electrons.